The molecule has 10 nitrogen and oxygen atoms in total. The minimum Gasteiger partial charge on any atom is -0.465 e. The second-order valence-electron chi connectivity index (χ2n) is 16.2. The fraction of sp³-hybridized carbons (Fsp3) is 0.788. The molecule has 0 radical (unpaired) electrons. The van der Waals surface area contributed by atoms with Crippen molar-refractivity contribution in [3.05, 3.63) is 48.6 Å². The monoisotopic (exact) mass is 876 g/mol. The Balaban J connectivity index is 4.77. The van der Waals surface area contributed by atoms with Gasteiger partial charge in [-0.2, -0.15) is 0 Å². The topological polar surface area (TPSA) is 110 Å². The van der Waals surface area contributed by atoms with Gasteiger partial charge in [-0.3, -0.25) is 9.59 Å². The Kier molecular flexibility index (Phi) is 45.3. The summed E-state index contributed by atoms with van der Waals surface area (Å²) in [4.78, 5) is 40.1. The third-order valence-corrected chi connectivity index (χ3v) is 10.5. The molecule has 1 atom stereocenters. The second kappa shape index (κ2) is 47.5. The molecule has 0 heterocycles. The highest BCUT2D eigenvalue weighted by Crippen LogP contribution is 2.14. The lowest BCUT2D eigenvalue weighted by Crippen LogP contribution is -2.27. The Morgan fingerprint density at radius 1 is 0.468 bits per heavy atom. The Bertz CT molecular complexity index is 1110. The fourth-order valence-corrected chi connectivity index (χ4v) is 6.52. The van der Waals surface area contributed by atoms with E-state index in [1.165, 1.54) is 25.7 Å². The molecule has 0 aromatic rings. The number of hydrogen-bond donors (Lipinski definition) is 0. The van der Waals surface area contributed by atoms with Crippen molar-refractivity contribution in [1.82, 2.24) is 4.90 Å². The summed E-state index contributed by atoms with van der Waals surface area (Å²) in [7, 11) is 0. The third-order valence-electron chi connectivity index (χ3n) is 10.5. The minimum absolute atomic E-state index is 0.0121. The van der Waals surface area contributed by atoms with Crippen LogP contribution in [0.4, 0.5) is 4.79 Å². The summed E-state index contributed by atoms with van der Waals surface area (Å²) < 4.78 is 34.1. The summed E-state index contributed by atoms with van der Waals surface area (Å²) in [5.41, 5.74) is 0. The van der Waals surface area contributed by atoms with E-state index < -0.39 is 12.1 Å². The molecule has 0 aromatic carbocycles. The first-order chi connectivity index (χ1) is 30.4. The maximum Gasteiger partial charge on any atom is 0.508 e. The van der Waals surface area contributed by atoms with E-state index in [1.807, 2.05) is 0 Å². The van der Waals surface area contributed by atoms with Gasteiger partial charge in [-0.15, -0.1) is 0 Å². The quantitative estimate of drug-likeness (QED) is 0.0193. The predicted molar refractivity (Wildman–Crippen MR) is 255 cm³/mol. The Hall–Kier alpha value is -2.95. The van der Waals surface area contributed by atoms with Gasteiger partial charge in [0.25, 0.3) is 0 Å². The van der Waals surface area contributed by atoms with E-state index in [2.05, 4.69) is 88.1 Å². The van der Waals surface area contributed by atoms with Crippen LogP contribution < -0.4 is 0 Å². The SMILES string of the molecule is CC/C=C\CCCCOC(CCCCC(=O)OCC(COC(=O)CCCCCCC/C=C\C/C=C\CCCCC)COC(=O)OCCCN(CC)CC)OCCCC/C=C\CC. The third kappa shape index (κ3) is 42.4. The van der Waals surface area contributed by atoms with Crippen molar-refractivity contribution in [2.24, 2.45) is 5.92 Å². The number of nitrogens with zero attached hydrogens (tertiary/aromatic N) is 1. The van der Waals surface area contributed by atoms with Crippen molar-refractivity contribution < 1.29 is 42.8 Å². The van der Waals surface area contributed by atoms with E-state index in [0.717, 1.165) is 122 Å². The molecule has 0 fully saturated rings. The van der Waals surface area contributed by atoms with Crippen molar-refractivity contribution >= 4 is 18.1 Å². The maximum absolute atomic E-state index is 12.8. The first kappa shape index (κ1) is 59.0. The van der Waals surface area contributed by atoms with Gasteiger partial charge in [0.15, 0.2) is 6.29 Å². The summed E-state index contributed by atoms with van der Waals surface area (Å²) in [6.07, 6.45) is 40.8. The van der Waals surface area contributed by atoms with Crippen LogP contribution in [-0.2, 0) is 38.0 Å². The Morgan fingerprint density at radius 2 is 0.952 bits per heavy atom. The normalized spacial score (nSPS) is 12.5. The highest BCUT2D eigenvalue weighted by Gasteiger charge is 2.19. The minimum atomic E-state index is -0.780. The molecule has 62 heavy (non-hydrogen) atoms. The van der Waals surface area contributed by atoms with Crippen LogP contribution in [0.1, 0.15) is 195 Å². The van der Waals surface area contributed by atoms with E-state index in [1.54, 1.807) is 0 Å². The van der Waals surface area contributed by atoms with Gasteiger partial charge in [-0.25, -0.2) is 4.79 Å². The van der Waals surface area contributed by atoms with Crippen molar-refractivity contribution in [2.75, 3.05) is 59.3 Å². The molecule has 0 N–H and O–H groups in total. The van der Waals surface area contributed by atoms with Gasteiger partial charge in [0, 0.05) is 32.6 Å². The molecule has 0 spiro atoms. The van der Waals surface area contributed by atoms with Gasteiger partial charge in [0.2, 0.25) is 0 Å². The van der Waals surface area contributed by atoms with Crippen LogP contribution in [0.2, 0.25) is 0 Å². The van der Waals surface area contributed by atoms with E-state index in [9.17, 15) is 14.4 Å². The highest BCUT2D eigenvalue weighted by molar-refractivity contribution is 5.69. The van der Waals surface area contributed by atoms with E-state index in [-0.39, 0.29) is 51.1 Å². The smallest absolute Gasteiger partial charge is 0.465 e. The van der Waals surface area contributed by atoms with Crippen LogP contribution in [-0.4, -0.2) is 88.6 Å². The van der Waals surface area contributed by atoms with Crippen LogP contribution in [0.3, 0.4) is 0 Å². The van der Waals surface area contributed by atoms with Crippen molar-refractivity contribution in [1.29, 1.82) is 0 Å². The fourth-order valence-electron chi connectivity index (χ4n) is 6.52. The number of carbonyl (C=O) groups excluding carboxylic acids is 3. The summed E-state index contributed by atoms with van der Waals surface area (Å²) in [6, 6.07) is 0. The van der Waals surface area contributed by atoms with E-state index >= 15 is 0 Å². The molecule has 10 heteroatoms. The van der Waals surface area contributed by atoms with Gasteiger partial charge in [-0.05, 0) is 129 Å². The number of rotatable bonds is 45. The molecule has 0 aliphatic heterocycles. The lowest BCUT2D eigenvalue weighted by molar-refractivity contribution is -0.152. The number of ether oxygens (including phenoxy) is 6. The van der Waals surface area contributed by atoms with Crippen molar-refractivity contribution in [3.63, 3.8) is 0 Å². The van der Waals surface area contributed by atoms with Crippen molar-refractivity contribution in [3.8, 4) is 0 Å². The molecule has 360 valence electrons. The lowest BCUT2D eigenvalue weighted by atomic mass is 10.1. The van der Waals surface area contributed by atoms with Gasteiger partial charge in [0.1, 0.15) is 19.8 Å². The zero-order chi connectivity index (χ0) is 45.4. The van der Waals surface area contributed by atoms with Gasteiger partial charge in [-0.1, -0.05) is 115 Å². The Morgan fingerprint density at radius 3 is 1.50 bits per heavy atom. The summed E-state index contributed by atoms with van der Waals surface area (Å²) in [5.74, 6) is -1.15. The van der Waals surface area contributed by atoms with Gasteiger partial charge >= 0.3 is 18.1 Å². The molecule has 0 aliphatic rings. The molecule has 0 rings (SSSR count). The summed E-state index contributed by atoms with van der Waals surface area (Å²) in [6.45, 7) is 14.9. The molecule has 0 bridgehead atoms. The molecule has 0 saturated carbocycles. The maximum atomic E-state index is 12.8. The molecule has 0 aliphatic carbocycles. The number of allylic oxidation sites excluding steroid dienone is 8. The molecular weight excluding hydrogens is 783 g/mol. The van der Waals surface area contributed by atoms with Crippen LogP contribution in [0.5, 0.6) is 0 Å². The Labute approximate surface area is 380 Å². The first-order valence-corrected chi connectivity index (χ1v) is 25.1. The molecule has 0 aromatic heterocycles. The van der Waals surface area contributed by atoms with Crippen LogP contribution in [0.15, 0.2) is 48.6 Å². The number of carbonyl (C=O) groups is 3. The predicted octanol–water partition coefficient (Wildman–Crippen LogP) is 13.6. The van der Waals surface area contributed by atoms with Crippen LogP contribution in [0.25, 0.3) is 0 Å². The second-order valence-corrected chi connectivity index (χ2v) is 16.2. The largest absolute Gasteiger partial charge is 0.508 e. The molecule has 0 amide bonds. The van der Waals surface area contributed by atoms with Gasteiger partial charge < -0.3 is 33.3 Å². The lowest BCUT2D eigenvalue weighted by Gasteiger charge is -2.19. The van der Waals surface area contributed by atoms with Crippen LogP contribution in [0, 0.1) is 5.92 Å². The zero-order valence-electron chi connectivity index (χ0n) is 40.4. The zero-order valence-corrected chi connectivity index (χ0v) is 40.4. The molecule has 0 saturated heterocycles. The molecule has 1 unspecified atom stereocenters. The summed E-state index contributed by atoms with van der Waals surface area (Å²) in [5, 5.41) is 0. The van der Waals surface area contributed by atoms with Crippen LogP contribution >= 0.6 is 0 Å². The first-order valence-electron chi connectivity index (χ1n) is 25.1. The van der Waals surface area contributed by atoms with E-state index in [0.29, 0.717) is 38.9 Å². The average molecular weight is 876 g/mol. The average Bonchev–Trinajstić information content (AvgIpc) is 3.27. The highest BCUT2D eigenvalue weighted by atomic mass is 16.7. The molecular formula is C52H93NO9. The van der Waals surface area contributed by atoms with Gasteiger partial charge in [0.05, 0.1) is 12.5 Å². The standard InChI is InChI=1S/C52H93NO9/c1-6-11-14-17-20-21-22-23-24-25-26-27-28-29-32-38-49(54)60-45-48(47-62-52(56)59-44-37-41-53(9-4)10-5)46-61-50(55)39-33-34-40-51(57-42-35-30-18-15-12-7-2)58-43-36-31-19-16-13-8-3/h12-13,15-16,20-21,23-24,48,51H,6-11,14,17-19,22,25-47H2,1-5H3/b15-12-,16-13-,21-20-,24-23-. The van der Waals surface area contributed by atoms with E-state index in [4.69, 9.17) is 28.4 Å². The van der Waals surface area contributed by atoms with Crippen molar-refractivity contribution in [2.45, 2.75) is 201 Å². The number of esters is 2. The number of hydrogen-bond acceptors (Lipinski definition) is 10. The number of unbranched alkanes of at least 4 members (excludes halogenated alkanes) is 13. The summed E-state index contributed by atoms with van der Waals surface area (Å²) >= 11 is 0.